The van der Waals surface area contributed by atoms with Crippen LogP contribution in [0.3, 0.4) is 0 Å². The van der Waals surface area contributed by atoms with Crippen molar-refractivity contribution >= 4 is 29.1 Å². The van der Waals surface area contributed by atoms with Gasteiger partial charge in [-0.1, -0.05) is 61.2 Å². The lowest BCUT2D eigenvalue weighted by molar-refractivity contribution is -0.122. The molecule has 3 aromatic carbocycles. The Kier molecular flexibility index (Phi) is 6.78. The number of amides is 1. The number of hydrogen-bond donors (Lipinski definition) is 0. The van der Waals surface area contributed by atoms with Crippen LogP contribution in [-0.4, -0.2) is 16.9 Å². The van der Waals surface area contributed by atoms with Crippen LogP contribution in [0.1, 0.15) is 47.9 Å². The zero-order chi connectivity index (χ0) is 22.5. The quantitative estimate of drug-likeness (QED) is 0.473. The van der Waals surface area contributed by atoms with Crippen LogP contribution in [0.4, 0.5) is 5.69 Å². The zero-order valence-electron chi connectivity index (χ0n) is 18.2. The van der Waals surface area contributed by atoms with Crippen molar-refractivity contribution in [2.45, 2.75) is 37.3 Å². The predicted octanol–water partition coefficient (Wildman–Crippen LogP) is 5.78. The molecule has 1 heterocycles. The number of ketones is 1. The molecule has 0 N–H and O–H groups in total. The van der Waals surface area contributed by atoms with Gasteiger partial charge in [0.1, 0.15) is 11.2 Å². The van der Waals surface area contributed by atoms with Crippen molar-refractivity contribution in [3.63, 3.8) is 0 Å². The van der Waals surface area contributed by atoms with Crippen molar-refractivity contribution in [2.24, 2.45) is 0 Å². The minimum atomic E-state index is -0.361. The fourth-order valence-corrected chi connectivity index (χ4v) is 5.29. The van der Waals surface area contributed by atoms with Gasteiger partial charge < -0.3 is 0 Å². The first-order valence-electron chi connectivity index (χ1n) is 10.8. The van der Waals surface area contributed by atoms with Gasteiger partial charge in [0.25, 0.3) is 0 Å². The van der Waals surface area contributed by atoms with E-state index in [-0.39, 0.29) is 28.7 Å². The van der Waals surface area contributed by atoms with Gasteiger partial charge in [0.2, 0.25) is 5.91 Å². The van der Waals surface area contributed by atoms with Gasteiger partial charge in [0, 0.05) is 23.2 Å². The summed E-state index contributed by atoms with van der Waals surface area (Å²) in [7, 11) is 0. The van der Waals surface area contributed by atoms with Crippen LogP contribution in [-0.2, 0) is 16.0 Å². The SMILES string of the molecule is CCc1cccc(N2C(=O)C(CC(C)=O)SC2c2ccc(C#Cc3ccccc3)cc2)c1. The molecule has 0 radical (unpaired) electrons. The van der Waals surface area contributed by atoms with Gasteiger partial charge in [-0.25, -0.2) is 0 Å². The van der Waals surface area contributed by atoms with Crippen LogP contribution >= 0.6 is 11.8 Å². The van der Waals surface area contributed by atoms with Crippen LogP contribution in [0.15, 0.2) is 78.9 Å². The van der Waals surface area contributed by atoms with Gasteiger partial charge in [-0.15, -0.1) is 11.8 Å². The van der Waals surface area contributed by atoms with E-state index in [9.17, 15) is 9.59 Å². The van der Waals surface area contributed by atoms with E-state index in [1.165, 1.54) is 5.56 Å². The molecule has 2 atom stereocenters. The van der Waals surface area contributed by atoms with Crippen molar-refractivity contribution in [1.82, 2.24) is 0 Å². The molecule has 4 heteroatoms. The molecule has 0 spiro atoms. The third-order valence-electron chi connectivity index (χ3n) is 5.43. The van der Waals surface area contributed by atoms with Crippen molar-refractivity contribution in [3.8, 4) is 11.8 Å². The first-order valence-corrected chi connectivity index (χ1v) is 11.7. The van der Waals surface area contributed by atoms with Gasteiger partial charge in [-0.2, -0.15) is 0 Å². The first kappa shape index (κ1) is 21.9. The second-order valence-corrected chi connectivity index (χ2v) is 9.14. The van der Waals surface area contributed by atoms with Gasteiger partial charge in [0.05, 0.1) is 5.25 Å². The van der Waals surface area contributed by atoms with Crippen LogP contribution in [0.2, 0.25) is 0 Å². The molecule has 4 rings (SSSR count). The lowest BCUT2D eigenvalue weighted by Gasteiger charge is -2.25. The normalized spacial score (nSPS) is 17.7. The van der Waals surface area contributed by atoms with E-state index in [1.807, 2.05) is 71.6 Å². The largest absolute Gasteiger partial charge is 0.300 e. The summed E-state index contributed by atoms with van der Waals surface area (Å²) in [6.45, 7) is 3.65. The zero-order valence-corrected chi connectivity index (χ0v) is 19.1. The highest BCUT2D eigenvalue weighted by Crippen LogP contribution is 2.46. The summed E-state index contributed by atoms with van der Waals surface area (Å²) >= 11 is 1.55. The highest BCUT2D eigenvalue weighted by Gasteiger charge is 2.42. The molecule has 0 aromatic heterocycles. The molecule has 1 amide bonds. The Balaban J connectivity index is 1.63. The van der Waals surface area contributed by atoms with Crippen molar-refractivity contribution in [1.29, 1.82) is 0 Å². The maximum Gasteiger partial charge on any atom is 0.241 e. The summed E-state index contributed by atoms with van der Waals surface area (Å²) in [4.78, 5) is 26.9. The Morgan fingerprint density at radius 2 is 1.62 bits per heavy atom. The minimum absolute atomic E-state index is 0.00333. The summed E-state index contributed by atoms with van der Waals surface area (Å²) in [6, 6.07) is 26.1. The molecule has 1 saturated heterocycles. The van der Waals surface area contributed by atoms with Crippen molar-refractivity contribution in [2.75, 3.05) is 4.90 Å². The van der Waals surface area contributed by atoms with E-state index < -0.39 is 0 Å². The second kappa shape index (κ2) is 9.89. The number of rotatable bonds is 5. The lowest BCUT2D eigenvalue weighted by Crippen LogP contribution is -2.31. The van der Waals surface area contributed by atoms with Gasteiger partial charge >= 0.3 is 0 Å². The molecule has 3 nitrogen and oxygen atoms in total. The molecule has 32 heavy (non-hydrogen) atoms. The summed E-state index contributed by atoms with van der Waals surface area (Å²) < 4.78 is 0. The third kappa shape index (κ3) is 4.95. The molecular formula is C28H25NO2S. The average molecular weight is 440 g/mol. The number of nitrogens with zero attached hydrogens (tertiary/aromatic N) is 1. The molecule has 0 aliphatic carbocycles. The third-order valence-corrected chi connectivity index (χ3v) is 6.87. The predicted molar refractivity (Wildman–Crippen MR) is 132 cm³/mol. The topological polar surface area (TPSA) is 37.4 Å². The Labute approximate surface area is 193 Å². The lowest BCUT2D eigenvalue weighted by atomic mass is 10.1. The molecule has 1 aliphatic heterocycles. The Bertz CT molecular complexity index is 1180. The molecule has 3 aromatic rings. The number of benzene rings is 3. The van der Waals surface area contributed by atoms with Crippen molar-refractivity contribution in [3.05, 3.63) is 101 Å². The van der Waals surface area contributed by atoms with Gasteiger partial charge in [-0.05, 0) is 60.9 Å². The van der Waals surface area contributed by atoms with Crippen molar-refractivity contribution < 1.29 is 9.59 Å². The van der Waals surface area contributed by atoms with Gasteiger partial charge in [0.15, 0.2) is 0 Å². The maximum atomic E-state index is 13.3. The molecule has 2 unspecified atom stereocenters. The maximum absolute atomic E-state index is 13.3. The minimum Gasteiger partial charge on any atom is -0.300 e. The Morgan fingerprint density at radius 1 is 0.938 bits per heavy atom. The number of carbonyl (C=O) groups excluding carboxylic acids is 2. The fourth-order valence-electron chi connectivity index (χ4n) is 3.76. The number of hydrogen-bond acceptors (Lipinski definition) is 3. The van der Waals surface area contributed by atoms with Crippen LogP contribution in [0.5, 0.6) is 0 Å². The average Bonchev–Trinajstić information content (AvgIpc) is 3.14. The molecule has 160 valence electrons. The highest BCUT2D eigenvalue weighted by atomic mass is 32.2. The van der Waals surface area contributed by atoms with Crippen LogP contribution in [0, 0.1) is 11.8 Å². The van der Waals surface area contributed by atoms with E-state index in [0.29, 0.717) is 0 Å². The Morgan fingerprint density at radius 3 is 2.28 bits per heavy atom. The smallest absolute Gasteiger partial charge is 0.241 e. The summed E-state index contributed by atoms with van der Waals surface area (Å²) in [5.41, 5.74) is 4.99. The van der Waals surface area contributed by atoms with E-state index in [0.717, 1.165) is 28.8 Å². The summed E-state index contributed by atoms with van der Waals surface area (Å²) in [5.74, 6) is 6.40. The number of aryl methyl sites for hydroxylation is 1. The summed E-state index contributed by atoms with van der Waals surface area (Å²) in [5, 5.41) is -0.532. The fraction of sp³-hybridized carbons (Fsp3) is 0.214. The highest BCUT2D eigenvalue weighted by molar-refractivity contribution is 8.01. The second-order valence-electron chi connectivity index (χ2n) is 7.85. The van der Waals surface area contributed by atoms with Gasteiger partial charge in [-0.3, -0.25) is 14.5 Å². The number of thioether (sulfide) groups is 1. The first-order chi connectivity index (χ1) is 15.5. The molecular weight excluding hydrogens is 414 g/mol. The van der Waals surface area contributed by atoms with Crippen LogP contribution in [0.25, 0.3) is 0 Å². The number of anilines is 1. The monoisotopic (exact) mass is 439 g/mol. The van der Waals surface area contributed by atoms with E-state index in [4.69, 9.17) is 0 Å². The van der Waals surface area contributed by atoms with Crippen LogP contribution < -0.4 is 4.90 Å². The Hall–Kier alpha value is -3.29. The molecule has 1 aliphatic rings. The molecule has 1 fully saturated rings. The standard InChI is InChI=1S/C28H25NO2S/c1-3-21-10-7-11-25(19-21)29-27(31)26(18-20(2)30)32-28(29)24-16-14-23(15-17-24)13-12-22-8-5-4-6-9-22/h4-11,14-17,19,26,28H,3,18H2,1-2H3. The van der Waals surface area contributed by atoms with E-state index in [2.05, 4.69) is 30.9 Å². The molecule has 0 saturated carbocycles. The number of Topliss-reactive ketones (excluding diaryl/α,β-unsaturated/α-hetero) is 1. The van der Waals surface area contributed by atoms with E-state index in [1.54, 1.807) is 18.7 Å². The van der Waals surface area contributed by atoms with E-state index >= 15 is 0 Å². The molecule has 0 bridgehead atoms. The number of carbonyl (C=O) groups is 2. The summed E-state index contributed by atoms with van der Waals surface area (Å²) in [6.07, 6.45) is 1.16.